The third-order valence-electron chi connectivity index (χ3n) is 7.73. The number of rotatable bonds is 24. The zero-order valence-corrected chi connectivity index (χ0v) is 24.9. The van der Waals surface area contributed by atoms with Gasteiger partial charge in [0, 0.05) is 0 Å². The fourth-order valence-corrected chi connectivity index (χ4v) is 10.4. The van der Waals surface area contributed by atoms with Crippen LogP contribution in [0.3, 0.4) is 0 Å². The third-order valence-corrected chi connectivity index (χ3v) is 12.6. The number of hydrogen-bond donors (Lipinski definition) is 2. The van der Waals surface area contributed by atoms with Gasteiger partial charge in [-0.2, -0.15) is 0 Å². The molecule has 0 fully saturated rings. The van der Waals surface area contributed by atoms with E-state index in [1.54, 1.807) is 6.07 Å². The fourth-order valence-electron chi connectivity index (χ4n) is 5.51. The number of aromatic hydroxyl groups is 1. The molecular formula is C32H58O3P+. The normalized spacial score (nSPS) is 11.8. The van der Waals surface area contributed by atoms with Crippen LogP contribution in [0, 0.1) is 0 Å². The Morgan fingerprint density at radius 3 is 1.42 bits per heavy atom. The highest BCUT2D eigenvalue weighted by Crippen LogP contribution is 2.61. The summed E-state index contributed by atoms with van der Waals surface area (Å²) in [5, 5.41) is 21.6. The third kappa shape index (κ3) is 14.0. The maximum Gasteiger partial charge on any atom is 0.307 e. The molecule has 2 N–H and O–H groups in total. The van der Waals surface area contributed by atoms with Crippen molar-refractivity contribution in [2.24, 2.45) is 0 Å². The van der Waals surface area contributed by atoms with Crippen LogP contribution in [0.2, 0.25) is 0 Å². The van der Waals surface area contributed by atoms with Crippen molar-refractivity contribution >= 4 is 18.5 Å². The van der Waals surface area contributed by atoms with Crippen LogP contribution in [0.4, 0.5) is 0 Å². The molecule has 0 aliphatic rings. The lowest BCUT2D eigenvalue weighted by molar-refractivity contribution is -0.136. The van der Waals surface area contributed by atoms with Crippen LogP contribution in [0.1, 0.15) is 142 Å². The highest BCUT2D eigenvalue weighted by Gasteiger charge is 2.41. The maximum absolute atomic E-state index is 11.5. The van der Waals surface area contributed by atoms with E-state index in [9.17, 15) is 15.0 Å². The van der Waals surface area contributed by atoms with Crippen molar-refractivity contribution < 1.29 is 15.0 Å². The van der Waals surface area contributed by atoms with Gasteiger partial charge in [-0.25, -0.2) is 0 Å². The minimum Gasteiger partial charge on any atom is -0.504 e. The van der Waals surface area contributed by atoms with Gasteiger partial charge >= 0.3 is 5.97 Å². The van der Waals surface area contributed by atoms with E-state index in [-0.39, 0.29) is 6.42 Å². The smallest absolute Gasteiger partial charge is 0.307 e. The summed E-state index contributed by atoms with van der Waals surface area (Å²) in [6, 6.07) is 5.68. The Kier molecular flexibility index (Phi) is 19.1. The lowest BCUT2D eigenvalue weighted by Crippen LogP contribution is -2.22. The molecule has 0 unspecified atom stereocenters. The molecule has 0 saturated carbocycles. The molecule has 0 aliphatic heterocycles. The average molecular weight is 522 g/mol. The van der Waals surface area contributed by atoms with E-state index in [1.807, 2.05) is 6.07 Å². The summed E-state index contributed by atoms with van der Waals surface area (Å²) in [6.45, 7) is 6.80. The van der Waals surface area contributed by atoms with Crippen LogP contribution in [-0.4, -0.2) is 34.7 Å². The molecule has 0 saturated heterocycles. The van der Waals surface area contributed by atoms with Gasteiger partial charge in [-0.15, -0.1) is 0 Å². The molecule has 36 heavy (non-hydrogen) atoms. The predicted molar refractivity (Wildman–Crippen MR) is 161 cm³/mol. The van der Waals surface area contributed by atoms with Gasteiger partial charge in [0.1, 0.15) is 5.30 Å². The predicted octanol–water partition coefficient (Wildman–Crippen LogP) is 9.74. The summed E-state index contributed by atoms with van der Waals surface area (Å²) >= 11 is 0. The first-order valence-electron chi connectivity index (χ1n) is 15.4. The molecule has 1 aromatic rings. The van der Waals surface area contributed by atoms with E-state index in [4.69, 9.17) is 0 Å². The molecule has 0 bridgehead atoms. The number of carboxylic acid groups (broad SMARTS) is 1. The second-order valence-corrected chi connectivity index (χ2v) is 15.1. The lowest BCUT2D eigenvalue weighted by Gasteiger charge is -2.29. The van der Waals surface area contributed by atoms with Crippen molar-refractivity contribution in [3.8, 4) is 5.75 Å². The van der Waals surface area contributed by atoms with E-state index in [1.165, 1.54) is 134 Å². The number of benzene rings is 1. The van der Waals surface area contributed by atoms with Crippen molar-refractivity contribution in [1.29, 1.82) is 0 Å². The Labute approximate surface area is 224 Å². The van der Waals surface area contributed by atoms with Crippen LogP contribution in [0.25, 0.3) is 0 Å². The molecule has 0 aliphatic carbocycles. The summed E-state index contributed by atoms with van der Waals surface area (Å²) in [6.07, 6.45) is 27.0. The number of phenols is 1. The molecule has 0 heterocycles. The van der Waals surface area contributed by atoms with Gasteiger partial charge in [-0.3, -0.25) is 4.79 Å². The summed E-state index contributed by atoms with van der Waals surface area (Å²) in [5.41, 5.74) is 0.841. The summed E-state index contributed by atoms with van der Waals surface area (Å²) in [7, 11) is -1.57. The molecular weight excluding hydrogens is 463 g/mol. The van der Waals surface area contributed by atoms with Crippen LogP contribution in [0.5, 0.6) is 5.75 Å². The van der Waals surface area contributed by atoms with E-state index < -0.39 is 13.2 Å². The minimum atomic E-state index is -1.57. The van der Waals surface area contributed by atoms with Gasteiger partial charge in [0.05, 0.1) is 32.2 Å². The molecule has 0 spiro atoms. The number of hydrogen-bond acceptors (Lipinski definition) is 2. The maximum atomic E-state index is 11.5. The lowest BCUT2D eigenvalue weighted by atomic mass is 10.1. The first-order chi connectivity index (χ1) is 17.5. The number of aliphatic carboxylic acids is 1. The van der Waals surface area contributed by atoms with E-state index in [0.29, 0.717) is 5.75 Å². The molecule has 0 atom stereocenters. The quantitative estimate of drug-likeness (QED) is 0.105. The minimum absolute atomic E-state index is 0.0400. The van der Waals surface area contributed by atoms with E-state index >= 15 is 0 Å². The summed E-state index contributed by atoms with van der Waals surface area (Å²) in [5.74, 6) is -0.376. The largest absolute Gasteiger partial charge is 0.504 e. The molecule has 1 rings (SSSR count). The Hall–Kier alpha value is -1.08. The van der Waals surface area contributed by atoms with Gasteiger partial charge in [-0.1, -0.05) is 104 Å². The van der Waals surface area contributed by atoms with Gasteiger partial charge in [0.15, 0.2) is 5.75 Å². The van der Waals surface area contributed by atoms with Gasteiger partial charge in [0.2, 0.25) is 0 Å². The van der Waals surface area contributed by atoms with Crippen molar-refractivity contribution in [2.45, 2.75) is 143 Å². The van der Waals surface area contributed by atoms with Crippen LogP contribution < -0.4 is 5.30 Å². The Balaban J connectivity index is 3.09. The molecule has 3 nitrogen and oxygen atoms in total. The molecule has 1 aromatic carbocycles. The van der Waals surface area contributed by atoms with Crippen LogP contribution >= 0.6 is 7.26 Å². The zero-order valence-electron chi connectivity index (χ0n) is 24.0. The number of phenolic OH excluding ortho intramolecular Hbond substituents is 1. The van der Waals surface area contributed by atoms with Crippen molar-refractivity contribution in [2.75, 3.05) is 18.5 Å². The van der Waals surface area contributed by atoms with Gasteiger partial charge in [-0.05, 0) is 56.2 Å². The van der Waals surface area contributed by atoms with Crippen molar-refractivity contribution in [3.63, 3.8) is 0 Å². The summed E-state index contributed by atoms with van der Waals surface area (Å²) in [4.78, 5) is 11.5. The van der Waals surface area contributed by atoms with Gasteiger partial charge in [0.25, 0.3) is 0 Å². The topological polar surface area (TPSA) is 57.5 Å². The molecule has 0 amide bonds. The summed E-state index contributed by atoms with van der Waals surface area (Å²) < 4.78 is 0. The highest BCUT2D eigenvalue weighted by molar-refractivity contribution is 7.83. The Bertz CT molecular complexity index is 647. The Morgan fingerprint density at radius 1 is 0.639 bits per heavy atom. The first kappa shape index (κ1) is 32.9. The highest BCUT2D eigenvalue weighted by atomic mass is 31.2. The van der Waals surface area contributed by atoms with E-state index in [0.717, 1.165) is 10.9 Å². The molecule has 4 heteroatoms. The fraction of sp³-hybridized carbons (Fsp3) is 0.781. The average Bonchev–Trinajstić information content (AvgIpc) is 2.86. The van der Waals surface area contributed by atoms with Crippen LogP contribution in [0.15, 0.2) is 18.2 Å². The number of carboxylic acids is 1. The Morgan fingerprint density at radius 2 is 1.03 bits per heavy atom. The second-order valence-electron chi connectivity index (χ2n) is 11.0. The molecule has 0 radical (unpaired) electrons. The second kappa shape index (κ2) is 20.9. The number of unbranched alkanes of at least 4 members (excludes halogenated alkanes) is 15. The molecule has 0 aromatic heterocycles. The monoisotopic (exact) mass is 521 g/mol. The molecule has 208 valence electrons. The standard InChI is InChI=1S/C32H57O3P/c1-4-7-10-13-16-19-24-36(25-20-17-14-11-8-5-2,26-21-18-15-12-9-6-3)31-27-29(28-32(34)35)22-23-30(31)33/h22-23,27H,4-21,24-26,28H2,1-3H3,(H-,33,34,35)/p+1. The first-order valence-corrected chi connectivity index (χ1v) is 17.7. The van der Waals surface area contributed by atoms with E-state index in [2.05, 4.69) is 26.8 Å². The zero-order chi connectivity index (χ0) is 26.5. The number of carbonyl (C=O) groups is 1. The van der Waals surface area contributed by atoms with Crippen molar-refractivity contribution in [1.82, 2.24) is 0 Å². The van der Waals surface area contributed by atoms with Crippen LogP contribution in [-0.2, 0) is 11.2 Å². The SMILES string of the molecule is CCCCCCCC[P+](CCCCCCCC)(CCCCCCCC)c1cc(CC(=O)O)ccc1O. The van der Waals surface area contributed by atoms with Gasteiger partial charge < -0.3 is 10.2 Å². The van der Waals surface area contributed by atoms with Crippen molar-refractivity contribution in [3.05, 3.63) is 23.8 Å².